The first-order valence-electron chi connectivity index (χ1n) is 6.50. The highest BCUT2D eigenvalue weighted by Crippen LogP contribution is 2.20. The van der Waals surface area contributed by atoms with Crippen LogP contribution in [0, 0.1) is 5.82 Å². The van der Waals surface area contributed by atoms with Crippen molar-refractivity contribution in [3.05, 3.63) is 60.0 Å². The molecule has 3 rings (SSSR count). The first-order valence-corrected chi connectivity index (χ1v) is 6.50. The molecule has 0 spiro atoms. The quantitative estimate of drug-likeness (QED) is 0.687. The molecule has 0 N–H and O–H groups in total. The number of halogens is 1. The van der Waals surface area contributed by atoms with Crippen molar-refractivity contribution in [2.75, 3.05) is 0 Å². The van der Waals surface area contributed by atoms with Gasteiger partial charge >= 0.3 is 0 Å². The van der Waals surface area contributed by atoms with Crippen LogP contribution in [0.15, 0.2) is 48.7 Å². The Balaban J connectivity index is 2.07. The van der Waals surface area contributed by atoms with Crippen LogP contribution in [0.3, 0.4) is 0 Å². The smallest absolute Gasteiger partial charge is 0.123 e. The fourth-order valence-electron chi connectivity index (χ4n) is 2.31. The Morgan fingerprint density at radius 3 is 2.63 bits per heavy atom. The summed E-state index contributed by atoms with van der Waals surface area (Å²) in [4.78, 5) is 0. The minimum absolute atomic E-state index is 0.231. The van der Waals surface area contributed by atoms with Crippen molar-refractivity contribution < 1.29 is 4.39 Å². The van der Waals surface area contributed by atoms with E-state index >= 15 is 0 Å². The Bertz CT molecular complexity index is 698. The highest BCUT2D eigenvalue weighted by molar-refractivity contribution is 5.81. The number of hydrogen-bond acceptors (Lipinski definition) is 1. The molecular formula is C16H15FN2. The van der Waals surface area contributed by atoms with Gasteiger partial charge in [-0.1, -0.05) is 19.4 Å². The Morgan fingerprint density at radius 2 is 1.89 bits per heavy atom. The van der Waals surface area contributed by atoms with Crippen LogP contribution >= 0.6 is 0 Å². The van der Waals surface area contributed by atoms with Gasteiger partial charge in [-0.3, -0.25) is 0 Å². The fourth-order valence-corrected chi connectivity index (χ4v) is 2.31. The van der Waals surface area contributed by atoms with Crippen LogP contribution in [0.1, 0.15) is 18.9 Å². The molecule has 2 nitrogen and oxygen atoms in total. The zero-order chi connectivity index (χ0) is 13.2. The topological polar surface area (TPSA) is 17.8 Å². The van der Waals surface area contributed by atoms with Crippen LogP contribution in [0.25, 0.3) is 16.6 Å². The molecule has 0 fully saturated rings. The molecule has 0 amide bonds. The zero-order valence-corrected chi connectivity index (χ0v) is 10.8. The van der Waals surface area contributed by atoms with Crippen LogP contribution < -0.4 is 0 Å². The van der Waals surface area contributed by atoms with Crippen molar-refractivity contribution >= 4 is 10.9 Å². The molecule has 1 aromatic heterocycles. The van der Waals surface area contributed by atoms with Crippen LogP contribution in [-0.2, 0) is 6.42 Å². The Hall–Kier alpha value is -2.16. The average Bonchev–Trinajstić information content (AvgIpc) is 2.83. The van der Waals surface area contributed by atoms with E-state index in [0.29, 0.717) is 0 Å². The third kappa shape index (κ3) is 2.24. The van der Waals surface area contributed by atoms with E-state index in [0.717, 1.165) is 29.4 Å². The van der Waals surface area contributed by atoms with E-state index in [1.165, 1.54) is 17.7 Å². The Labute approximate surface area is 111 Å². The van der Waals surface area contributed by atoms with Gasteiger partial charge in [0.2, 0.25) is 0 Å². The minimum atomic E-state index is -0.231. The lowest BCUT2D eigenvalue weighted by Crippen LogP contribution is -1.95. The molecule has 3 aromatic rings. The Kier molecular flexibility index (Phi) is 3.03. The second-order valence-corrected chi connectivity index (χ2v) is 4.68. The molecule has 0 aliphatic carbocycles. The summed E-state index contributed by atoms with van der Waals surface area (Å²) < 4.78 is 14.8. The monoisotopic (exact) mass is 254 g/mol. The lowest BCUT2D eigenvalue weighted by molar-refractivity contribution is 0.627. The molecular weight excluding hydrogens is 239 g/mol. The highest BCUT2D eigenvalue weighted by Gasteiger charge is 2.05. The maximum absolute atomic E-state index is 13.0. The molecule has 0 unspecified atom stereocenters. The molecule has 0 radical (unpaired) electrons. The first kappa shape index (κ1) is 11.9. The van der Waals surface area contributed by atoms with Crippen LogP contribution in [0.4, 0.5) is 4.39 Å². The molecule has 19 heavy (non-hydrogen) atoms. The van der Waals surface area contributed by atoms with E-state index in [4.69, 9.17) is 0 Å². The molecule has 1 heterocycles. The van der Waals surface area contributed by atoms with Crippen molar-refractivity contribution in [3.63, 3.8) is 0 Å². The molecule has 0 saturated heterocycles. The van der Waals surface area contributed by atoms with E-state index in [9.17, 15) is 4.39 Å². The fraction of sp³-hybridized carbons (Fsp3) is 0.188. The van der Waals surface area contributed by atoms with Gasteiger partial charge in [0, 0.05) is 5.39 Å². The van der Waals surface area contributed by atoms with E-state index < -0.39 is 0 Å². The second-order valence-electron chi connectivity index (χ2n) is 4.68. The summed E-state index contributed by atoms with van der Waals surface area (Å²) in [5.74, 6) is -0.231. The van der Waals surface area contributed by atoms with Gasteiger partial charge in [0.15, 0.2) is 0 Å². The van der Waals surface area contributed by atoms with Crippen LogP contribution in [-0.4, -0.2) is 9.78 Å². The van der Waals surface area contributed by atoms with Gasteiger partial charge < -0.3 is 0 Å². The van der Waals surface area contributed by atoms with Gasteiger partial charge in [0.05, 0.1) is 17.4 Å². The number of aryl methyl sites for hydroxylation is 1. The molecule has 0 atom stereocenters. The third-order valence-electron chi connectivity index (χ3n) is 3.24. The molecule has 0 saturated carbocycles. The number of rotatable bonds is 3. The standard InChI is InChI=1S/C16H15FN2/c1-2-3-12-4-9-16-13(10-12)11-18-19(16)15-7-5-14(17)6-8-15/h4-11H,2-3H2,1H3. The second kappa shape index (κ2) is 4.84. The van der Waals surface area contributed by atoms with E-state index in [1.54, 1.807) is 12.1 Å². The highest BCUT2D eigenvalue weighted by atomic mass is 19.1. The predicted molar refractivity (Wildman–Crippen MR) is 75.0 cm³/mol. The number of fused-ring (bicyclic) bond motifs is 1. The molecule has 0 aliphatic rings. The number of aromatic nitrogens is 2. The summed E-state index contributed by atoms with van der Waals surface area (Å²) in [5, 5.41) is 5.51. The van der Waals surface area contributed by atoms with Gasteiger partial charge in [0.1, 0.15) is 5.82 Å². The summed E-state index contributed by atoms with van der Waals surface area (Å²) in [5.41, 5.74) is 3.25. The summed E-state index contributed by atoms with van der Waals surface area (Å²) in [6.45, 7) is 2.17. The Morgan fingerprint density at radius 1 is 1.11 bits per heavy atom. The average molecular weight is 254 g/mol. The van der Waals surface area contributed by atoms with Crippen molar-refractivity contribution in [1.29, 1.82) is 0 Å². The van der Waals surface area contributed by atoms with E-state index in [2.05, 4.69) is 30.2 Å². The summed E-state index contributed by atoms with van der Waals surface area (Å²) in [6, 6.07) is 12.8. The third-order valence-corrected chi connectivity index (χ3v) is 3.24. The molecule has 96 valence electrons. The van der Waals surface area contributed by atoms with Gasteiger partial charge in [0.25, 0.3) is 0 Å². The number of hydrogen-bond donors (Lipinski definition) is 0. The molecule has 3 heteroatoms. The van der Waals surface area contributed by atoms with Crippen molar-refractivity contribution in [2.45, 2.75) is 19.8 Å². The molecule has 2 aromatic carbocycles. The number of benzene rings is 2. The van der Waals surface area contributed by atoms with Crippen LogP contribution in [0.5, 0.6) is 0 Å². The van der Waals surface area contributed by atoms with Gasteiger partial charge in [-0.05, 0) is 48.4 Å². The van der Waals surface area contributed by atoms with Gasteiger partial charge in [-0.2, -0.15) is 5.10 Å². The van der Waals surface area contributed by atoms with E-state index in [1.807, 2.05) is 10.9 Å². The first-order chi connectivity index (χ1) is 9.28. The normalized spacial score (nSPS) is 11.1. The van der Waals surface area contributed by atoms with Crippen molar-refractivity contribution in [1.82, 2.24) is 9.78 Å². The summed E-state index contributed by atoms with van der Waals surface area (Å²) in [6.07, 6.45) is 4.08. The minimum Gasteiger partial charge on any atom is -0.233 e. The van der Waals surface area contributed by atoms with Gasteiger partial charge in [-0.15, -0.1) is 0 Å². The van der Waals surface area contributed by atoms with E-state index in [-0.39, 0.29) is 5.82 Å². The van der Waals surface area contributed by atoms with Gasteiger partial charge in [-0.25, -0.2) is 9.07 Å². The maximum Gasteiger partial charge on any atom is 0.123 e. The van der Waals surface area contributed by atoms with Crippen molar-refractivity contribution in [3.8, 4) is 5.69 Å². The summed E-state index contributed by atoms with van der Waals surface area (Å²) >= 11 is 0. The molecule has 0 bridgehead atoms. The summed E-state index contributed by atoms with van der Waals surface area (Å²) in [7, 11) is 0. The SMILES string of the molecule is CCCc1ccc2c(cnn2-c2ccc(F)cc2)c1. The molecule has 0 aliphatic heterocycles. The zero-order valence-electron chi connectivity index (χ0n) is 10.8. The predicted octanol–water partition coefficient (Wildman–Crippen LogP) is 4.12. The number of nitrogens with zero attached hydrogens (tertiary/aromatic N) is 2. The maximum atomic E-state index is 13.0. The largest absolute Gasteiger partial charge is 0.233 e. The lowest BCUT2D eigenvalue weighted by atomic mass is 10.1. The van der Waals surface area contributed by atoms with Crippen molar-refractivity contribution in [2.24, 2.45) is 0 Å². The lowest BCUT2D eigenvalue weighted by Gasteiger charge is -2.04. The van der Waals surface area contributed by atoms with Crippen LogP contribution in [0.2, 0.25) is 0 Å².